The quantitative estimate of drug-likeness (QED) is 0.570. The molecule has 0 spiro atoms. The van der Waals surface area contributed by atoms with E-state index >= 15 is 0 Å². The number of benzene rings is 1. The Morgan fingerprint density at radius 3 is 2.23 bits per heavy atom. The van der Waals surface area contributed by atoms with Gasteiger partial charge in [0.15, 0.2) is 17.3 Å². The number of carbonyl (C=O) groups is 2. The van der Waals surface area contributed by atoms with Crippen LogP contribution < -0.4 is 9.47 Å². The molecule has 1 aromatic rings. The van der Waals surface area contributed by atoms with E-state index in [2.05, 4.69) is 0 Å². The molecule has 1 rings (SSSR count). The molecule has 5 heteroatoms. The summed E-state index contributed by atoms with van der Waals surface area (Å²) >= 11 is 0. The third-order valence-electron chi connectivity index (χ3n) is 3.03. The molecular weight excluding hydrogens is 287 g/mol. The molecule has 0 amide bonds. The van der Waals surface area contributed by atoms with Crippen molar-refractivity contribution in [1.29, 1.82) is 0 Å². The maximum absolute atomic E-state index is 14.3. The van der Waals surface area contributed by atoms with Crippen LogP contribution in [0.4, 0.5) is 4.39 Å². The molecule has 0 aliphatic rings. The van der Waals surface area contributed by atoms with Crippen LogP contribution in [0.1, 0.15) is 45.0 Å². The Hall–Kier alpha value is -1.91. The van der Waals surface area contributed by atoms with Crippen molar-refractivity contribution >= 4 is 11.6 Å². The molecule has 0 aliphatic carbocycles. The van der Waals surface area contributed by atoms with Crippen LogP contribution in [0.15, 0.2) is 18.2 Å². The Bertz CT molecular complexity index is 546. The Morgan fingerprint density at radius 2 is 1.73 bits per heavy atom. The van der Waals surface area contributed by atoms with Crippen molar-refractivity contribution in [3.63, 3.8) is 0 Å². The standard InChI is InChI=1S/C17H23FO4/c1-6-21-12-10-8-9-11(15(12)22-7-2)14(19)13(18)16(20)17(3,4)5/h8-10,13H,6-7H2,1-5H3. The summed E-state index contributed by atoms with van der Waals surface area (Å²) < 4.78 is 25.2. The van der Waals surface area contributed by atoms with E-state index in [1.165, 1.54) is 6.07 Å². The lowest BCUT2D eigenvalue weighted by Crippen LogP contribution is -2.35. The van der Waals surface area contributed by atoms with Crippen molar-refractivity contribution in [2.75, 3.05) is 13.2 Å². The number of ketones is 2. The molecule has 122 valence electrons. The maximum atomic E-state index is 14.3. The number of hydrogen-bond donors (Lipinski definition) is 0. The van der Waals surface area contributed by atoms with Crippen LogP contribution in [0, 0.1) is 5.41 Å². The lowest BCUT2D eigenvalue weighted by Gasteiger charge is -2.20. The van der Waals surface area contributed by atoms with Gasteiger partial charge in [-0.15, -0.1) is 0 Å². The van der Waals surface area contributed by atoms with E-state index in [-0.39, 0.29) is 11.3 Å². The van der Waals surface area contributed by atoms with Gasteiger partial charge >= 0.3 is 0 Å². The Kier molecular flexibility index (Phi) is 6.09. The molecule has 4 nitrogen and oxygen atoms in total. The number of halogens is 1. The molecule has 0 aliphatic heterocycles. The first-order valence-electron chi connectivity index (χ1n) is 7.35. The fourth-order valence-corrected chi connectivity index (χ4v) is 1.91. The van der Waals surface area contributed by atoms with E-state index in [0.29, 0.717) is 19.0 Å². The van der Waals surface area contributed by atoms with Crippen molar-refractivity contribution < 1.29 is 23.5 Å². The largest absolute Gasteiger partial charge is 0.490 e. The summed E-state index contributed by atoms with van der Waals surface area (Å²) in [6.45, 7) is 8.97. The highest BCUT2D eigenvalue weighted by atomic mass is 19.1. The molecule has 1 unspecified atom stereocenters. The zero-order chi connectivity index (χ0) is 16.9. The molecule has 0 saturated heterocycles. The highest BCUT2D eigenvalue weighted by molar-refractivity contribution is 6.15. The van der Waals surface area contributed by atoms with Crippen LogP contribution in [-0.2, 0) is 4.79 Å². The zero-order valence-corrected chi connectivity index (χ0v) is 13.7. The second-order valence-corrected chi connectivity index (χ2v) is 5.84. The van der Waals surface area contributed by atoms with Crippen molar-refractivity contribution in [2.24, 2.45) is 5.41 Å². The molecule has 0 fully saturated rings. The number of alkyl halides is 1. The minimum absolute atomic E-state index is 0.0258. The maximum Gasteiger partial charge on any atom is 0.221 e. The van der Waals surface area contributed by atoms with E-state index < -0.39 is 23.2 Å². The lowest BCUT2D eigenvalue weighted by molar-refractivity contribution is -0.129. The molecule has 1 aromatic carbocycles. The molecule has 0 saturated carbocycles. The minimum atomic E-state index is -2.21. The topological polar surface area (TPSA) is 52.6 Å². The fourth-order valence-electron chi connectivity index (χ4n) is 1.91. The summed E-state index contributed by atoms with van der Waals surface area (Å²) in [7, 11) is 0. The Balaban J connectivity index is 3.22. The Morgan fingerprint density at radius 1 is 1.14 bits per heavy atom. The van der Waals surface area contributed by atoms with Crippen LogP contribution in [0.2, 0.25) is 0 Å². The Labute approximate surface area is 130 Å². The number of para-hydroxylation sites is 1. The SMILES string of the molecule is CCOc1cccc(C(=O)C(F)C(=O)C(C)(C)C)c1OCC. The summed E-state index contributed by atoms with van der Waals surface area (Å²) in [5.74, 6) is -1.10. The van der Waals surface area contributed by atoms with E-state index in [1.54, 1.807) is 46.8 Å². The smallest absolute Gasteiger partial charge is 0.221 e. The normalized spacial score (nSPS) is 12.6. The van der Waals surface area contributed by atoms with Crippen molar-refractivity contribution in [2.45, 2.75) is 40.8 Å². The van der Waals surface area contributed by atoms with E-state index in [9.17, 15) is 14.0 Å². The third kappa shape index (κ3) is 4.06. The average Bonchev–Trinajstić information content (AvgIpc) is 2.46. The summed E-state index contributed by atoms with van der Waals surface area (Å²) in [6.07, 6.45) is -2.21. The van der Waals surface area contributed by atoms with Gasteiger partial charge in [0.2, 0.25) is 12.0 Å². The van der Waals surface area contributed by atoms with Gasteiger partial charge in [0.1, 0.15) is 0 Å². The van der Waals surface area contributed by atoms with Gasteiger partial charge in [-0.25, -0.2) is 4.39 Å². The second-order valence-electron chi connectivity index (χ2n) is 5.84. The molecule has 0 aromatic heterocycles. The number of carbonyl (C=O) groups excluding carboxylic acids is 2. The van der Waals surface area contributed by atoms with Crippen LogP contribution in [0.5, 0.6) is 11.5 Å². The average molecular weight is 310 g/mol. The minimum Gasteiger partial charge on any atom is -0.490 e. The van der Waals surface area contributed by atoms with Gasteiger partial charge in [-0.05, 0) is 26.0 Å². The van der Waals surface area contributed by atoms with Crippen molar-refractivity contribution in [1.82, 2.24) is 0 Å². The van der Waals surface area contributed by atoms with Crippen LogP contribution in [0.25, 0.3) is 0 Å². The van der Waals surface area contributed by atoms with Crippen molar-refractivity contribution in [3.8, 4) is 11.5 Å². The molecule has 0 bridgehead atoms. The van der Waals surface area contributed by atoms with E-state index in [1.807, 2.05) is 0 Å². The first kappa shape index (κ1) is 18.1. The molecule has 0 radical (unpaired) electrons. The third-order valence-corrected chi connectivity index (χ3v) is 3.03. The van der Waals surface area contributed by atoms with Crippen LogP contribution >= 0.6 is 0 Å². The van der Waals surface area contributed by atoms with Gasteiger partial charge < -0.3 is 9.47 Å². The molecule has 0 N–H and O–H groups in total. The van der Waals surface area contributed by atoms with Gasteiger partial charge in [0, 0.05) is 5.41 Å². The molecule has 1 atom stereocenters. The highest BCUT2D eigenvalue weighted by Crippen LogP contribution is 2.33. The van der Waals surface area contributed by atoms with Gasteiger partial charge in [0.25, 0.3) is 0 Å². The molecule has 22 heavy (non-hydrogen) atoms. The predicted molar refractivity (Wildman–Crippen MR) is 82.5 cm³/mol. The lowest BCUT2D eigenvalue weighted by atomic mass is 9.85. The molecular formula is C17H23FO4. The van der Waals surface area contributed by atoms with Gasteiger partial charge in [-0.1, -0.05) is 26.8 Å². The summed E-state index contributed by atoms with van der Waals surface area (Å²) in [6, 6.07) is 4.66. The van der Waals surface area contributed by atoms with Gasteiger partial charge in [-0.3, -0.25) is 9.59 Å². The first-order chi connectivity index (χ1) is 10.2. The number of Topliss-reactive ketones (excluding diaryl/α,β-unsaturated/α-hetero) is 2. The number of rotatable bonds is 7. The fraction of sp³-hybridized carbons (Fsp3) is 0.529. The highest BCUT2D eigenvalue weighted by Gasteiger charge is 2.36. The second kappa shape index (κ2) is 7.38. The summed E-state index contributed by atoms with van der Waals surface area (Å²) in [5.41, 5.74) is -0.906. The van der Waals surface area contributed by atoms with Crippen LogP contribution in [-0.4, -0.2) is 31.0 Å². The van der Waals surface area contributed by atoms with E-state index in [0.717, 1.165) is 0 Å². The van der Waals surface area contributed by atoms with Crippen LogP contribution in [0.3, 0.4) is 0 Å². The molecule has 0 heterocycles. The van der Waals surface area contributed by atoms with Gasteiger partial charge in [0.05, 0.1) is 18.8 Å². The number of ether oxygens (including phenoxy) is 2. The zero-order valence-electron chi connectivity index (χ0n) is 13.7. The number of hydrogen-bond acceptors (Lipinski definition) is 4. The first-order valence-corrected chi connectivity index (χ1v) is 7.35. The van der Waals surface area contributed by atoms with E-state index in [4.69, 9.17) is 9.47 Å². The monoisotopic (exact) mass is 310 g/mol. The predicted octanol–water partition coefficient (Wildman–Crippen LogP) is 3.62. The van der Waals surface area contributed by atoms with Gasteiger partial charge in [-0.2, -0.15) is 0 Å². The summed E-state index contributed by atoms with van der Waals surface area (Å²) in [5, 5.41) is 0. The van der Waals surface area contributed by atoms with Crippen molar-refractivity contribution in [3.05, 3.63) is 23.8 Å². The summed E-state index contributed by atoms with van der Waals surface area (Å²) in [4.78, 5) is 24.3.